The van der Waals surface area contributed by atoms with Crippen molar-refractivity contribution in [3.8, 4) is 0 Å². The van der Waals surface area contributed by atoms with E-state index in [1.807, 2.05) is 4.90 Å². The van der Waals surface area contributed by atoms with Crippen molar-refractivity contribution in [3.05, 3.63) is 69.8 Å². The van der Waals surface area contributed by atoms with Gasteiger partial charge in [-0.2, -0.15) is 4.31 Å². The summed E-state index contributed by atoms with van der Waals surface area (Å²) in [5.74, 6) is -1.80. The molecule has 7 nitrogen and oxygen atoms in total. The number of halogens is 2. The van der Waals surface area contributed by atoms with E-state index < -0.39 is 26.6 Å². The Morgan fingerprint density at radius 2 is 1.63 bits per heavy atom. The van der Waals surface area contributed by atoms with Crippen LogP contribution in [0.4, 0.5) is 14.5 Å². The van der Waals surface area contributed by atoms with E-state index in [-0.39, 0.29) is 35.8 Å². The average molecular weight is 397 g/mol. The van der Waals surface area contributed by atoms with Gasteiger partial charge in [-0.1, -0.05) is 12.1 Å². The number of nitrogens with zero attached hydrogens (tertiary/aromatic N) is 3. The van der Waals surface area contributed by atoms with Crippen LogP contribution in [0.2, 0.25) is 0 Å². The maximum atomic E-state index is 13.8. The molecule has 144 valence electrons. The zero-order valence-electron chi connectivity index (χ0n) is 14.2. The molecule has 0 N–H and O–H groups in total. The number of hydrogen-bond acceptors (Lipinski definition) is 5. The van der Waals surface area contributed by atoms with Gasteiger partial charge in [-0.15, -0.1) is 0 Å². The highest BCUT2D eigenvalue weighted by Crippen LogP contribution is 2.22. The summed E-state index contributed by atoms with van der Waals surface area (Å²) < 4.78 is 53.7. The van der Waals surface area contributed by atoms with Crippen molar-refractivity contribution < 1.29 is 22.1 Å². The van der Waals surface area contributed by atoms with E-state index in [2.05, 4.69) is 0 Å². The second-order valence-corrected chi connectivity index (χ2v) is 8.08. The second-order valence-electron chi connectivity index (χ2n) is 6.14. The van der Waals surface area contributed by atoms with E-state index in [0.717, 1.165) is 18.2 Å². The van der Waals surface area contributed by atoms with Gasteiger partial charge in [0.05, 0.1) is 9.82 Å². The van der Waals surface area contributed by atoms with Crippen LogP contribution < -0.4 is 0 Å². The van der Waals surface area contributed by atoms with Crippen LogP contribution in [-0.4, -0.2) is 48.7 Å². The summed E-state index contributed by atoms with van der Waals surface area (Å²) in [7, 11) is -3.77. The van der Waals surface area contributed by atoms with E-state index >= 15 is 0 Å². The highest BCUT2D eigenvalue weighted by atomic mass is 32.2. The average Bonchev–Trinajstić information content (AvgIpc) is 2.66. The third-order valence-electron chi connectivity index (χ3n) is 4.44. The van der Waals surface area contributed by atoms with Crippen LogP contribution in [0.3, 0.4) is 0 Å². The number of nitro benzene ring substituents is 1. The summed E-state index contributed by atoms with van der Waals surface area (Å²) in [4.78, 5) is 11.9. The minimum atomic E-state index is -3.77. The van der Waals surface area contributed by atoms with Crippen molar-refractivity contribution in [1.82, 2.24) is 9.21 Å². The van der Waals surface area contributed by atoms with Crippen molar-refractivity contribution in [2.24, 2.45) is 0 Å². The summed E-state index contributed by atoms with van der Waals surface area (Å²) >= 11 is 0. The summed E-state index contributed by atoms with van der Waals surface area (Å²) in [5, 5.41) is 10.7. The standard InChI is InChI=1S/C17H17F2N3O4S/c18-16-3-1-2-13(17(16)19)12-20-8-10-21(11-9-20)27(25,26)15-6-4-14(5-7-15)22(23)24/h1-7H,8-12H2. The molecular formula is C17H17F2N3O4S. The summed E-state index contributed by atoms with van der Waals surface area (Å²) in [6.07, 6.45) is 0. The van der Waals surface area contributed by atoms with Gasteiger partial charge in [-0.25, -0.2) is 17.2 Å². The fourth-order valence-corrected chi connectivity index (χ4v) is 4.35. The molecule has 0 aromatic heterocycles. The predicted molar refractivity (Wildman–Crippen MR) is 93.5 cm³/mol. The number of piperazine rings is 1. The molecule has 0 saturated carbocycles. The lowest BCUT2D eigenvalue weighted by Gasteiger charge is -2.34. The van der Waals surface area contributed by atoms with Crippen LogP contribution >= 0.6 is 0 Å². The van der Waals surface area contributed by atoms with E-state index in [1.54, 1.807) is 0 Å². The van der Waals surface area contributed by atoms with Gasteiger partial charge in [-0.3, -0.25) is 15.0 Å². The van der Waals surface area contributed by atoms with Crippen molar-refractivity contribution in [3.63, 3.8) is 0 Å². The van der Waals surface area contributed by atoms with Crippen LogP contribution in [0.15, 0.2) is 47.4 Å². The van der Waals surface area contributed by atoms with Gasteiger partial charge in [0.25, 0.3) is 5.69 Å². The normalized spacial score (nSPS) is 16.4. The molecule has 1 aliphatic rings. The zero-order valence-corrected chi connectivity index (χ0v) is 15.0. The molecule has 0 spiro atoms. The van der Waals surface area contributed by atoms with Crippen molar-refractivity contribution >= 4 is 15.7 Å². The van der Waals surface area contributed by atoms with E-state index in [1.165, 1.54) is 28.6 Å². The molecule has 0 aliphatic carbocycles. The number of non-ortho nitro benzene ring substituents is 1. The fourth-order valence-electron chi connectivity index (χ4n) is 2.93. The zero-order chi connectivity index (χ0) is 19.6. The van der Waals surface area contributed by atoms with Gasteiger partial charge >= 0.3 is 0 Å². The lowest BCUT2D eigenvalue weighted by Crippen LogP contribution is -2.48. The molecule has 0 atom stereocenters. The largest absolute Gasteiger partial charge is 0.296 e. The SMILES string of the molecule is O=[N+]([O-])c1ccc(S(=O)(=O)N2CCN(Cc3cccc(F)c3F)CC2)cc1. The van der Waals surface area contributed by atoms with Crippen LogP contribution in [0, 0.1) is 21.7 Å². The second kappa shape index (κ2) is 7.67. The number of rotatable bonds is 5. The number of sulfonamides is 1. The van der Waals surface area contributed by atoms with Gasteiger partial charge in [0.1, 0.15) is 0 Å². The van der Waals surface area contributed by atoms with Crippen molar-refractivity contribution in [1.29, 1.82) is 0 Å². The first-order valence-electron chi connectivity index (χ1n) is 8.19. The van der Waals surface area contributed by atoms with Crippen LogP contribution in [0.1, 0.15) is 5.56 Å². The maximum absolute atomic E-state index is 13.8. The summed E-state index contributed by atoms with van der Waals surface area (Å²) in [5.41, 5.74) is 0.0394. The summed E-state index contributed by atoms with van der Waals surface area (Å²) in [6, 6.07) is 8.70. The smallest absolute Gasteiger partial charge is 0.269 e. The lowest BCUT2D eigenvalue weighted by atomic mass is 10.2. The Bertz CT molecular complexity index is 943. The molecular weight excluding hydrogens is 380 g/mol. The molecule has 27 heavy (non-hydrogen) atoms. The Balaban J connectivity index is 1.65. The molecule has 0 unspecified atom stereocenters. The molecule has 0 radical (unpaired) electrons. The Morgan fingerprint density at radius 3 is 2.22 bits per heavy atom. The third-order valence-corrected chi connectivity index (χ3v) is 6.35. The Kier molecular flexibility index (Phi) is 5.49. The van der Waals surface area contributed by atoms with E-state index in [9.17, 15) is 27.3 Å². The van der Waals surface area contributed by atoms with E-state index in [0.29, 0.717) is 13.1 Å². The third kappa shape index (κ3) is 4.12. The molecule has 3 rings (SSSR count). The molecule has 2 aromatic carbocycles. The van der Waals surface area contributed by atoms with Gasteiger partial charge < -0.3 is 0 Å². The number of nitro groups is 1. The molecule has 1 heterocycles. The topological polar surface area (TPSA) is 83.8 Å². The van der Waals surface area contributed by atoms with E-state index in [4.69, 9.17) is 0 Å². The fraction of sp³-hybridized carbons (Fsp3) is 0.294. The monoisotopic (exact) mass is 397 g/mol. The molecule has 1 fully saturated rings. The first kappa shape index (κ1) is 19.3. The van der Waals surface area contributed by atoms with Crippen molar-refractivity contribution in [2.45, 2.75) is 11.4 Å². The van der Waals surface area contributed by atoms with Crippen molar-refractivity contribution in [2.75, 3.05) is 26.2 Å². The minimum Gasteiger partial charge on any atom is -0.296 e. The minimum absolute atomic E-state index is 0.0160. The highest BCUT2D eigenvalue weighted by Gasteiger charge is 2.29. The van der Waals surface area contributed by atoms with Gasteiger partial charge in [0, 0.05) is 50.4 Å². The Morgan fingerprint density at radius 1 is 1.00 bits per heavy atom. The number of benzene rings is 2. The highest BCUT2D eigenvalue weighted by molar-refractivity contribution is 7.89. The Hall–Kier alpha value is -2.43. The molecule has 1 saturated heterocycles. The molecule has 0 bridgehead atoms. The molecule has 10 heteroatoms. The quantitative estimate of drug-likeness (QED) is 0.571. The van der Waals surface area contributed by atoms with Crippen LogP contribution in [-0.2, 0) is 16.6 Å². The lowest BCUT2D eigenvalue weighted by molar-refractivity contribution is -0.384. The Labute approximate surface area is 155 Å². The maximum Gasteiger partial charge on any atom is 0.269 e. The van der Waals surface area contributed by atoms with Crippen LogP contribution in [0.5, 0.6) is 0 Å². The van der Waals surface area contributed by atoms with Gasteiger partial charge in [0.15, 0.2) is 11.6 Å². The predicted octanol–water partition coefficient (Wildman–Crippen LogP) is 2.38. The molecule has 0 amide bonds. The summed E-state index contributed by atoms with van der Waals surface area (Å²) in [6.45, 7) is 1.30. The molecule has 2 aromatic rings. The first-order valence-corrected chi connectivity index (χ1v) is 9.63. The molecule has 1 aliphatic heterocycles. The van der Waals surface area contributed by atoms with Gasteiger partial charge in [-0.05, 0) is 18.2 Å². The van der Waals surface area contributed by atoms with Crippen LogP contribution in [0.25, 0.3) is 0 Å². The van der Waals surface area contributed by atoms with Gasteiger partial charge in [0.2, 0.25) is 10.0 Å². The first-order chi connectivity index (χ1) is 12.8. The number of hydrogen-bond donors (Lipinski definition) is 0.